The van der Waals surface area contributed by atoms with E-state index in [0.29, 0.717) is 47.3 Å². The Morgan fingerprint density at radius 1 is 1.37 bits per heavy atom. The van der Waals surface area contributed by atoms with Gasteiger partial charge in [0.15, 0.2) is 0 Å². The summed E-state index contributed by atoms with van der Waals surface area (Å²) in [5.41, 5.74) is 0.726. The molecule has 0 spiro atoms. The van der Waals surface area contributed by atoms with Crippen molar-refractivity contribution < 1.29 is 14.6 Å². The van der Waals surface area contributed by atoms with Gasteiger partial charge >= 0.3 is 0 Å². The molecule has 1 saturated heterocycles. The van der Waals surface area contributed by atoms with Crippen LogP contribution in [0.15, 0.2) is 28.0 Å². The predicted octanol–water partition coefficient (Wildman–Crippen LogP) is 2.48. The SMILES string of the molecule is COc1ccc(N=Cc2c(C)c(C#N)c(=O)n(CCN3CCOCC3)c2O)cc1Cl. The number of aromatic hydroxyl groups is 1. The molecule has 2 heterocycles. The van der Waals surface area contributed by atoms with E-state index in [1.54, 1.807) is 25.1 Å². The van der Waals surface area contributed by atoms with Crippen LogP contribution in [0.25, 0.3) is 0 Å². The second kappa shape index (κ2) is 9.76. The molecule has 1 aliphatic heterocycles. The second-order valence-corrected chi connectivity index (χ2v) is 7.24. The van der Waals surface area contributed by atoms with Crippen molar-refractivity contribution >= 4 is 23.5 Å². The van der Waals surface area contributed by atoms with Crippen LogP contribution >= 0.6 is 11.6 Å². The van der Waals surface area contributed by atoms with E-state index >= 15 is 0 Å². The average Bonchev–Trinajstić information content (AvgIpc) is 2.74. The Bertz CT molecular complexity index is 1050. The van der Waals surface area contributed by atoms with Gasteiger partial charge < -0.3 is 14.6 Å². The van der Waals surface area contributed by atoms with Crippen molar-refractivity contribution in [3.8, 4) is 17.7 Å². The molecule has 8 nitrogen and oxygen atoms in total. The van der Waals surface area contributed by atoms with Gasteiger partial charge in [0, 0.05) is 32.4 Å². The topological polar surface area (TPSA) is 100 Å². The number of aliphatic imine (C=N–C) groups is 1. The quantitative estimate of drug-likeness (QED) is 0.706. The van der Waals surface area contributed by atoms with Crippen molar-refractivity contribution in [1.29, 1.82) is 5.26 Å². The molecule has 0 aliphatic carbocycles. The molecule has 3 rings (SSSR count). The minimum atomic E-state index is -0.509. The van der Waals surface area contributed by atoms with Crippen molar-refractivity contribution in [2.75, 3.05) is 40.0 Å². The number of pyridine rings is 1. The van der Waals surface area contributed by atoms with E-state index in [1.165, 1.54) is 17.9 Å². The van der Waals surface area contributed by atoms with Crippen LogP contribution in [-0.4, -0.2) is 60.7 Å². The van der Waals surface area contributed by atoms with Crippen LogP contribution in [0.2, 0.25) is 5.02 Å². The summed E-state index contributed by atoms with van der Waals surface area (Å²) in [6.45, 7) is 5.25. The van der Waals surface area contributed by atoms with Crippen LogP contribution in [0.1, 0.15) is 16.7 Å². The first-order valence-electron chi connectivity index (χ1n) is 9.50. The molecular weight excluding hydrogens is 408 g/mol. The third kappa shape index (κ3) is 4.65. The van der Waals surface area contributed by atoms with E-state index in [1.807, 2.05) is 6.07 Å². The first-order chi connectivity index (χ1) is 14.5. The highest BCUT2D eigenvalue weighted by molar-refractivity contribution is 6.32. The number of rotatable bonds is 6. The highest BCUT2D eigenvalue weighted by Crippen LogP contribution is 2.29. The number of ether oxygens (including phenoxy) is 2. The zero-order valence-electron chi connectivity index (χ0n) is 16.9. The Hall–Kier alpha value is -2.86. The van der Waals surface area contributed by atoms with Gasteiger partial charge in [-0.2, -0.15) is 5.26 Å². The zero-order valence-corrected chi connectivity index (χ0v) is 17.6. The van der Waals surface area contributed by atoms with Crippen LogP contribution in [0, 0.1) is 18.3 Å². The van der Waals surface area contributed by atoms with E-state index < -0.39 is 5.56 Å². The Kier molecular flexibility index (Phi) is 7.11. The average molecular weight is 431 g/mol. The molecule has 9 heteroatoms. The monoisotopic (exact) mass is 430 g/mol. The molecule has 1 N–H and O–H groups in total. The number of benzene rings is 1. The van der Waals surface area contributed by atoms with Crippen molar-refractivity contribution in [3.05, 3.63) is 50.3 Å². The lowest BCUT2D eigenvalue weighted by atomic mass is 10.1. The van der Waals surface area contributed by atoms with Gasteiger partial charge in [-0.3, -0.25) is 19.3 Å². The first-order valence-corrected chi connectivity index (χ1v) is 9.88. The minimum absolute atomic E-state index is 0.0102. The van der Waals surface area contributed by atoms with E-state index in [4.69, 9.17) is 21.1 Å². The Morgan fingerprint density at radius 3 is 2.73 bits per heavy atom. The summed E-state index contributed by atoms with van der Waals surface area (Å²) in [4.78, 5) is 19.2. The maximum absolute atomic E-state index is 12.7. The first kappa shape index (κ1) is 21.8. The lowest BCUT2D eigenvalue weighted by Gasteiger charge is -2.27. The zero-order chi connectivity index (χ0) is 21.7. The van der Waals surface area contributed by atoms with Crippen LogP contribution in [0.4, 0.5) is 5.69 Å². The maximum atomic E-state index is 12.7. The van der Waals surface area contributed by atoms with Crippen molar-refractivity contribution in [2.45, 2.75) is 13.5 Å². The van der Waals surface area contributed by atoms with Crippen LogP contribution in [0.3, 0.4) is 0 Å². The number of hydrogen-bond acceptors (Lipinski definition) is 7. The number of morpholine rings is 1. The Balaban J connectivity index is 1.94. The van der Waals surface area contributed by atoms with Gasteiger partial charge in [0.25, 0.3) is 5.56 Å². The highest BCUT2D eigenvalue weighted by Gasteiger charge is 2.19. The molecule has 1 aromatic carbocycles. The largest absolute Gasteiger partial charge is 0.495 e. The molecule has 30 heavy (non-hydrogen) atoms. The van der Waals surface area contributed by atoms with E-state index in [0.717, 1.165) is 13.1 Å². The highest BCUT2D eigenvalue weighted by atomic mass is 35.5. The fourth-order valence-corrected chi connectivity index (χ4v) is 3.53. The maximum Gasteiger partial charge on any atom is 0.271 e. The number of aromatic nitrogens is 1. The molecule has 1 fully saturated rings. The number of methoxy groups -OCH3 is 1. The predicted molar refractivity (Wildman–Crippen MR) is 114 cm³/mol. The second-order valence-electron chi connectivity index (χ2n) is 6.84. The molecule has 0 amide bonds. The van der Waals surface area contributed by atoms with Crippen LogP contribution in [-0.2, 0) is 11.3 Å². The summed E-state index contributed by atoms with van der Waals surface area (Å²) in [7, 11) is 1.52. The molecule has 1 aromatic heterocycles. The Morgan fingerprint density at radius 2 is 2.10 bits per heavy atom. The summed E-state index contributed by atoms with van der Waals surface area (Å²) in [5, 5.41) is 20.7. The standard InChI is InChI=1S/C21H23ClN4O4/c1-14-16(12-23)20(27)26(6-5-25-7-9-30-10-8-25)21(28)17(14)13-24-15-3-4-19(29-2)18(22)11-15/h3-4,11,13,28H,5-10H2,1-2H3. The molecule has 0 radical (unpaired) electrons. The van der Waals surface area contributed by atoms with E-state index in [9.17, 15) is 15.2 Å². The summed E-state index contributed by atoms with van der Waals surface area (Å²) in [6, 6.07) is 6.98. The van der Waals surface area contributed by atoms with Gasteiger partial charge in [-0.1, -0.05) is 11.6 Å². The van der Waals surface area contributed by atoms with Crippen molar-refractivity contribution in [2.24, 2.45) is 4.99 Å². The third-order valence-corrected chi connectivity index (χ3v) is 5.36. The molecule has 0 bridgehead atoms. The molecule has 2 aromatic rings. The van der Waals surface area contributed by atoms with Crippen LogP contribution in [0.5, 0.6) is 11.6 Å². The normalized spacial score (nSPS) is 14.7. The van der Waals surface area contributed by atoms with Gasteiger partial charge in [-0.05, 0) is 30.7 Å². The van der Waals surface area contributed by atoms with Crippen molar-refractivity contribution in [3.63, 3.8) is 0 Å². The van der Waals surface area contributed by atoms with Crippen molar-refractivity contribution in [1.82, 2.24) is 9.47 Å². The van der Waals surface area contributed by atoms with E-state index in [-0.39, 0.29) is 18.0 Å². The summed E-state index contributed by atoms with van der Waals surface area (Å²) >= 11 is 6.13. The fourth-order valence-electron chi connectivity index (χ4n) is 3.27. The van der Waals surface area contributed by atoms with Gasteiger partial charge in [0.2, 0.25) is 5.88 Å². The molecule has 158 valence electrons. The van der Waals surface area contributed by atoms with E-state index in [2.05, 4.69) is 9.89 Å². The molecule has 0 unspecified atom stereocenters. The number of nitriles is 1. The number of halogens is 1. The lowest BCUT2D eigenvalue weighted by molar-refractivity contribution is 0.0360. The van der Waals surface area contributed by atoms with Crippen LogP contribution < -0.4 is 10.3 Å². The Labute approximate surface area is 179 Å². The van der Waals surface area contributed by atoms with Gasteiger partial charge in [-0.25, -0.2) is 0 Å². The summed E-state index contributed by atoms with van der Waals surface area (Å²) in [6.07, 6.45) is 1.44. The van der Waals surface area contributed by atoms with Gasteiger partial charge in [0.1, 0.15) is 17.4 Å². The molecule has 0 saturated carbocycles. The third-order valence-electron chi connectivity index (χ3n) is 5.07. The fraction of sp³-hybridized carbons (Fsp3) is 0.381. The minimum Gasteiger partial charge on any atom is -0.495 e. The van der Waals surface area contributed by atoms with Gasteiger partial charge in [-0.15, -0.1) is 0 Å². The smallest absolute Gasteiger partial charge is 0.271 e. The summed E-state index contributed by atoms with van der Waals surface area (Å²) in [5.74, 6) is 0.311. The lowest BCUT2D eigenvalue weighted by Crippen LogP contribution is -2.39. The molecule has 1 aliphatic rings. The number of nitrogens with zero attached hydrogens (tertiary/aromatic N) is 4. The molecule has 0 atom stereocenters. The van der Waals surface area contributed by atoms with Gasteiger partial charge in [0.05, 0.1) is 36.6 Å². The summed E-state index contributed by atoms with van der Waals surface area (Å²) < 4.78 is 11.7. The number of hydrogen-bond donors (Lipinski definition) is 1. The molecular formula is C21H23ClN4O4.